The van der Waals surface area contributed by atoms with Crippen molar-refractivity contribution >= 4 is 40.9 Å². The number of aromatic nitrogens is 2. The summed E-state index contributed by atoms with van der Waals surface area (Å²) in [4.78, 5) is 11.3. The second-order valence-corrected chi connectivity index (χ2v) is 9.40. The van der Waals surface area contributed by atoms with E-state index in [1.807, 2.05) is 24.3 Å². The summed E-state index contributed by atoms with van der Waals surface area (Å²) in [5.41, 5.74) is 7.67. The lowest BCUT2D eigenvalue weighted by atomic mass is 9.89. The molecule has 0 aliphatic carbocycles. The Hall–Kier alpha value is -1.05. The average Bonchev–Trinajstić information content (AvgIpc) is 2.74. The van der Waals surface area contributed by atoms with Crippen LogP contribution in [0.3, 0.4) is 0 Å². The fourth-order valence-electron chi connectivity index (χ4n) is 3.53. The van der Waals surface area contributed by atoms with E-state index in [0.29, 0.717) is 28.5 Å². The number of halogens is 2. The number of rotatable bonds is 9. The van der Waals surface area contributed by atoms with Gasteiger partial charge in [-0.1, -0.05) is 36.2 Å². The van der Waals surface area contributed by atoms with E-state index >= 15 is 0 Å². The standard InChI is InChI=1S/C21H29Cl2N5S/c1-2-11-29-20-5-8-25-21(27-20)26-13-19(24)16-6-9-28(10-7-16)14-15-3-4-17(22)18(23)12-15/h3-5,8,12,16,19H,2,6-7,9-11,13-14,24H2,1H3,(H,25,26,27). The molecule has 3 rings (SSSR count). The number of likely N-dealkylation sites (tertiary alicyclic amines) is 1. The fraction of sp³-hybridized carbons (Fsp3) is 0.524. The van der Waals surface area contributed by atoms with Crippen LogP contribution in [-0.4, -0.2) is 46.3 Å². The monoisotopic (exact) mass is 453 g/mol. The highest BCUT2D eigenvalue weighted by Gasteiger charge is 2.24. The molecule has 1 aliphatic heterocycles. The Labute approximate surface area is 187 Å². The number of piperidine rings is 1. The van der Waals surface area contributed by atoms with E-state index in [1.54, 1.807) is 18.0 Å². The molecule has 1 atom stereocenters. The van der Waals surface area contributed by atoms with E-state index in [4.69, 9.17) is 28.9 Å². The zero-order valence-corrected chi connectivity index (χ0v) is 19.1. The van der Waals surface area contributed by atoms with Crippen molar-refractivity contribution in [3.63, 3.8) is 0 Å². The average molecular weight is 454 g/mol. The maximum Gasteiger partial charge on any atom is 0.223 e. The Kier molecular flexibility index (Phi) is 8.87. The lowest BCUT2D eigenvalue weighted by Crippen LogP contribution is -2.43. The molecule has 158 valence electrons. The number of anilines is 1. The third-order valence-electron chi connectivity index (χ3n) is 5.21. The zero-order chi connectivity index (χ0) is 20.6. The zero-order valence-electron chi connectivity index (χ0n) is 16.8. The first-order valence-electron chi connectivity index (χ1n) is 10.2. The Morgan fingerprint density at radius 1 is 1.24 bits per heavy atom. The number of hydrogen-bond acceptors (Lipinski definition) is 6. The van der Waals surface area contributed by atoms with Crippen molar-refractivity contribution in [1.82, 2.24) is 14.9 Å². The van der Waals surface area contributed by atoms with Gasteiger partial charge in [0, 0.05) is 25.3 Å². The minimum Gasteiger partial charge on any atom is -0.353 e. The first-order chi connectivity index (χ1) is 14.0. The van der Waals surface area contributed by atoms with Crippen LogP contribution in [0, 0.1) is 5.92 Å². The first kappa shape index (κ1) is 22.6. The summed E-state index contributed by atoms with van der Waals surface area (Å²) in [6.07, 6.45) is 5.13. The van der Waals surface area contributed by atoms with E-state index in [0.717, 1.165) is 49.7 Å². The van der Waals surface area contributed by atoms with E-state index < -0.39 is 0 Å². The highest BCUT2D eigenvalue weighted by atomic mass is 35.5. The molecule has 8 heteroatoms. The van der Waals surface area contributed by atoms with Gasteiger partial charge in [0.1, 0.15) is 5.03 Å². The van der Waals surface area contributed by atoms with Gasteiger partial charge in [0.2, 0.25) is 5.95 Å². The molecular weight excluding hydrogens is 425 g/mol. The summed E-state index contributed by atoms with van der Waals surface area (Å²) in [7, 11) is 0. The van der Waals surface area contributed by atoms with Gasteiger partial charge in [0.05, 0.1) is 10.0 Å². The van der Waals surface area contributed by atoms with Gasteiger partial charge >= 0.3 is 0 Å². The first-order valence-corrected chi connectivity index (χ1v) is 11.9. The quantitative estimate of drug-likeness (QED) is 0.414. The minimum absolute atomic E-state index is 0.0951. The smallest absolute Gasteiger partial charge is 0.223 e. The summed E-state index contributed by atoms with van der Waals surface area (Å²) < 4.78 is 0. The van der Waals surface area contributed by atoms with Crippen LogP contribution in [0.4, 0.5) is 5.95 Å². The molecule has 0 bridgehead atoms. The van der Waals surface area contributed by atoms with Crippen LogP contribution in [0.2, 0.25) is 10.0 Å². The summed E-state index contributed by atoms with van der Waals surface area (Å²) in [6.45, 7) is 5.84. The number of nitrogens with zero attached hydrogens (tertiary/aromatic N) is 3. The molecule has 0 saturated carbocycles. The maximum absolute atomic E-state index is 6.48. The summed E-state index contributed by atoms with van der Waals surface area (Å²) >= 11 is 13.9. The van der Waals surface area contributed by atoms with Gasteiger partial charge in [-0.15, -0.1) is 11.8 Å². The molecule has 0 radical (unpaired) electrons. The van der Waals surface area contributed by atoms with E-state index in [-0.39, 0.29) is 6.04 Å². The number of thioether (sulfide) groups is 1. The third kappa shape index (κ3) is 7.00. The van der Waals surface area contributed by atoms with Crippen molar-refractivity contribution in [1.29, 1.82) is 0 Å². The molecule has 0 spiro atoms. The van der Waals surface area contributed by atoms with Gasteiger partial charge in [-0.05, 0) is 67.8 Å². The Morgan fingerprint density at radius 2 is 2.03 bits per heavy atom. The van der Waals surface area contributed by atoms with Crippen molar-refractivity contribution in [2.75, 3.05) is 30.7 Å². The molecule has 3 N–H and O–H groups in total. The molecule has 1 fully saturated rings. The molecule has 1 aromatic heterocycles. The third-order valence-corrected chi connectivity index (χ3v) is 7.08. The summed E-state index contributed by atoms with van der Waals surface area (Å²) in [6, 6.07) is 7.92. The van der Waals surface area contributed by atoms with E-state index in [2.05, 4.69) is 27.1 Å². The van der Waals surface area contributed by atoms with Gasteiger partial charge in [-0.25, -0.2) is 9.97 Å². The molecule has 2 heterocycles. The van der Waals surface area contributed by atoms with Gasteiger partial charge < -0.3 is 11.1 Å². The molecule has 2 aromatic rings. The van der Waals surface area contributed by atoms with Crippen LogP contribution in [0.15, 0.2) is 35.5 Å². The highest BCUT2D eigenvalue weighted by molar-refractivity contribution is 7.99. The Bertz CT molecular complexity index is 783. The molecule has 5 nitrogen and oxygen atoms in total. The number of hydrogen-bond donors (Lipinski definition) is 2. The number of nitrogens with two attached hydrogens (primary N) is 1. The largest absolute Gasteiger partial charge is 0.353 e. The van der Waals surface area contributed by atoms with Crippen LogP contribution in [0.25, 0.3) is 0 Å². The molecule has 1 saturated heterocycles. The van der Waals surface area contributed by atoms with Crippen molar-refractivity contribution in [3.05, 3.63) is 46.1 Å². The molecule has 0 amide bonds. The Morgan fingerprint density at radius 3 is 2.76 bits per heavy atom. The Balaban J connectivity index is 1.42. The highest BCUT2D eigenvalue weighted by Crippen LogP contribution is 2.25. The maximum atomic E-state index is 6.48. The van der Waals surface area contributed by atoms with Crippen LogP contribution in [0.5, 0.6) is 0 Å². The molecule has 1 aromatic carbocycles. The molecule has 1 aliphatic rings. The predicted octanol–water partition coefficient (Wildman–Crippen LogP) is 4.94. The number of nitrogens with one attached hydrogen (secondary N) is 1. The summed E-state index contributed by atoms with van der Waals surface area (Å²) in [5, 5.41) is 5.55. The van der Waals surface area contributed by atoms with Crippen LogP contribution in [-0.2, 0) is 6.54 Å². The van der Waals surface area contributed by atoms with Crippen molar-refractivity contribution in [3.8, 4) is 0 Å². The SMILES string of the molecule is CCCSc1ccnc(NCC(N)C2CCN(Cc3ccc(Cl)c(Cl)c3)CC2)n1. The molecular formula is C21H29Cl2N5S. The second-order valence-electron chi connectivity index (χ2n) is 7.47. The minimum atomic E-state index is 0.0951. The van der Waals surface area contributed by atoms with Crippen molar-refractivity contribution < 1.29 is 0 Å². The number of benzene rings is 1. The van der Waals surface area contributed by atoms with Gasteiger partial charge in [-0.3, -0.25) is 4.90 Å². The second kappa shape index (κ2) is 11.4. The molecule has 29 heavy (non-hydrogen) atoms. The van der Waals surface area contributed by atoms with E-state index in [9.17, 15) is 0 Å². The van der Waals surface area contributed by atoms with Crippen LogP contribution >= 0.6 is 35.0 Å². The van der Waals surface area contributed by atoms with Crippen molar-refractivity contribution in [2.24, 2.45) is 11.7 Å². The van der Waals surface area contributed by atoms with Gasteiger partial charge in [-0.2, -0.15) is 0 Å². The fourth-order valence-corrected chi connectivity index (χ4v) is 4.57. The summed E-state index contributed by atoms with van der Waals surface area (Å²) in [5.74, 6) is 2.24. The predicted molar refractivity (Wildman–Crippen MR) is 124 cm³/mol. The van der Waals surface area contributed by atoms with Crippen LogP contribution in [0.1, 0.15) is 31.7 Å². The van der Waals surface area contributed by atoms with Crippen molar-refractivity contribution in [2.45, 2.75) is 43.8 Å². The van der Waals surface area contributed by atoms with E-state index in [1.165, 1.54) is 5.56 Å². The van der Waals surface area contributed by atoms with Crippen LogP contribution < -0.4 is 11.1 Å². The van der Waals surface area contributed by atoms with Gasteiger partial charge in [0.25, 0.3) is 0 Å². The molecule has 1 unspecified atom stereocenters. The normalized spacial score (nSPS) is 16.7. The topological polar surface area (TPSA) is 67.1 Å². The lowest BCUT2D eigenvalue weighted by Gasteiger charge is -2.34. The van der Waals surface area contributed by atoms with Gasteiger partial charge in [0.15, 0.2) is 0 Å². The lowest BCUT2D eigenvalue weighted by molar-refractivity contribution is 0.164.